The number of para-hydroxylation sites is 1. The van der Waals surface area contributed by atoms with E-state index in [4.69, 9.17) is 10.5 Å². The van der Waals surface area contributed by atoms with E-state index in [2.05, 4.69) is 4.98 Å². The van der Waals surface area contributed by atoms with Gasteiger partial charge in [0.1, 0.15) is 5.75 Å². The van der Waals surface area contributed by atoms with Gasteiger partial charge >= 0.3 is 0 Å². The van der Waals surface area contributed by atoms with Crippen molar-refractivity contribution in [2.45, 2.75) is 6.92 Å². The molecule has 0 amide bonds. The smallest absolute Gasteiger partial charge is 0.180 e. The average molecular weight is 220 g/mol. The lowest BCUT2D eigenvalue weighted by atomic mass is 10.1. The summed E-state index contributed by atoms with van der Waals surface area (Å²) in [5.41, 5.74) is 7.48. The molecule has 0 atom stereocenters. The lowest BCUT2D eigenvalue weighted by Crippen LogP contribution is -1.94. The van der Waals surface area contributed by atoms with E-state index in [1.165, 1.54) is 11.3 Å². The number of nitrogens with two attached hydrogens (primary N) is 1. The van der Waals surface area contributed by atoms with E-state index in [-0.39, 0.29) is 0 Å². The predicted molar refractivity (Wildman–Crippen MR) is 63.1 cm³/mol. The van der Waals surface area contributed by atoms with Crippen LogP contribution in [0.25, 0.3) is 11.3 Å². The minimum Gasteiger partial charge on any atom is -0.493 e. The summed E-state index contributed by atoms with van der Waals surface area (Å²) in [6.45, 7) is 2.61. The van der Waals surface area contributed by atoms with Crippen LogP contribution in [0.4, 0.5) is 5.13 Å². The van der Waals surface area contributed by atoms with Gasteiger partial charge in [0.25, 0.3) is 0 Å². The second kappa shape index (κ2) is 4.31. The molecule has 0 aliphatic rings. The quantitative estimate of drug-likeness (QED) is 0.865. The third kappa shape index (κ3) is 2.10. The SMILES string of the molecule is CCOc1ccccc1-c1csc(N)n1. The molecule has 78 valence electrons. The van der Waals surface area contributed by atoms with Crippen molar-refractivity contribution >= 4 is 16.5 Å². The Morgan fingerprint density at radius 1 is 1.40 bits per heavy atom. The van der Waals surface area contributed by atoms with Gasteiger partial charge in [-0.1, -0.05) is 12.1 Å². The molecule has 1 aromatic heterocycles. The summed E-state index contributed by atoms with van der Waals surface area (Å²) in [5, 5.41) is 2.52. The monoisotopic (exact) mass is 220 g/mol. The van der Waals surface area contributed by atoms with Gasteiger partial charge in [-0.15, -0.1) is 11.3 Å². The van der Waals surface area contributed by atoms with Crippen molar-refractivity contribution in [3.8, 4) is 17.0 Å². The number of hydrogen-bond donors (Lipinski definition) is 1. The first-order valence-corrected chi connectivity index (χ1v) is 5.62. The molecule has 1 heterocycles. The first-order valence-electron chi connectivity index (χ1n) is 4.74. The molecule has 2 N–H and O–H groups in total. The standard InChI is InChI=1S/C11H12N2OS/c1-2-14-10-6-4-3-5-8(10)9-7-15-11(12)13-9/h3-7H,2H2,1H3,(H2,12,13). The van der Waals surface area contributed by atoms with Crippen LogP contribution in [0.1, 0.15) is 6.92 Å². The van der Waals surface area contributed by atoms with Crippen LogP contribution in [0.15, 0.2) is 29.6 Å². The van der Waals surface area contributed by atoms with Gasteiger partial charge in [0.2, 0.25) is 0 Å². The molecule has 0 radical (unpaired) electrons. The van der Waals surface area contributed by atoms with Gasteiger partial charge in [-0.2, -0.15) is 0 Å². The molecule has 2 aromatic rings. The second-order valence-electron chi connectivity index (χ2n) is 3.00. The van der Waals surface area contributed by atoms with Crippen molar-refractivity contribution in [3.05, 3.63) is 29.6 Å². The highest BCUT2D eigenvalue weighted by Crippen LogP contribution is 2.31. The molecule has 0 fully saturated rings. The molecule has 4 heteroatoms. The van der Waals surface area contributed by atoms with Gasteiger partial charge in [0.15, 0.2) is 5.13 Å². The van der Waals surface area contributed by atoms with Crippen molar-refractivity contribution in [1.29, 1.82) is 0 Å². The Morgan fingerprint density at radius 3 is 2.87 bits per heavy atom. The summed E-state index contributed by atoms with van der Waals surface area (Å²) in [6, 6.07) is 7.84. The van der Waals surface area contributed by atoms with Gasteiger partial charge < -0.3 is 10.5 Å². The highest BCUT2D eigenvalue weighted by molar-refractivity contribution is 7.13. The summed E-state index contributed by atoms with van der Waals surface area (Å²) in [7, 11) is 0. The molecule has 0 saturated carbocycles. The van der Waals surface area contributed by atoms with Crippen molar-refractivity contribution in [3.63, 3.8) is 0 Å². The molecule has 0 bridgehead atoms. The zero-order valence-electron chi connectivity index (χ0n) is 8.43. The fourth-order valence-electron chi connectivity index (χ4n) is 1.37. The van der Waals surface area contributed by atoms with E-state index < -0.39 is 0 Å². The summed E-state index contributed by atoms with van der Waals surface area (Å²) in [5.74, 6) is 0.852. The van der Waals surface area contributed by atoms with Crippen molar-refractivity contribution < 1.29 is 4.74 Å². The third-order valence-electron chi connectivity index (χ3n) is 1.98. The summed E-state index contributed by atoms with van der Waals surface area (Å²) in [4.78, 5) is 4.24. The van der Waals surface area contributed by atoms with Gasteiger partial charge in [-0.05, 0) is 19.1 Å². The summed E-state index contributed by atoms with van der Waals surface area (Å²) < 4.78 is 5.52. The number of hydrogen-bond acceptors (Lipinski definition) is 4. The van der Waals surface area contributed by atoms with Gasteiger partial charge in [-0.25, -0.2) is 4.98 Å². The summed E-state index contributed by atoms with van der Waals surface area (Å²) >= 11 is 1.44. The van der Waals surface area contributed by atoms with E-state index in [1.807, 2.05) is 36.6 Å². The molecule has 15 heavy (non-hydrogen) atoms. The minimum atomic E-state index is 0.580. The van der Waals surface area contributed by atoms with Crippen LogP contribution >= 0.6 is 11.3 Å². The van der Waals surface area contributed by atoms with E-state index in [0.717, 1.165) is 17.0 Å². The molecule has 3 nitrogen and oxygen atoms in total. The highest BCUT2D eigenvalue weighted by Gasteiger charge is 2.07. The Hall–Kier alpha value is -1.55. The van der Waals surface area contributed by atoms with Crippen LogP contribution < -0.4 is 10.5 Å². The number of aromatic nitrogens is 1. The van der Waals surface area contributed by atoms with Crippen molar-refractivity contribution in [2.24, 2.45) is 0 Å². The molecule has 0 aliphatic heterocycles. The second-order valence-corrected chi connectivity index (χ2v) is 3.89. The lowest BCUT2D eigenvalue weighted by molar-refractivity contribution is 0.341. The van der Waals surface area contributed by atoms with Gasteiger partial charge in [0.05, 0.1) is 12.3 Å². The van der Waals surface area contributed by atoms with Gasteiger partial charge in [0, 0.05) is 10.9 Å². The minimum absolute atomic E-state index is 0.580. The predicted octanol–water partition coefficient (Wildman–Crippen LogP) is 2.79. The first-order chi connectivity index (χ1) is 7.31. The molecule has 0 aliphatic carbocycles. The maximum atomic E-state index is 5.61. The van der Waals surface area contributed by atoms with Crippen LogP contribution in [-0.2, 0) is 0 Å². The number of rotatable bonds is 3. The number of thiazole rings is 1. The van der Waals surface area contributed by atoms with Crippen LogP contribution in [-0.4, -0.2) is 11.6 Å². The van der Waals surface area contributed by atoms with E-state index in [9.17, 15) is 0 Å². The topological polar surface area (TPSA) is 48.1 Å². The van der Waals surface area contributed by atoms with E-state index in [1.54, 1.807) is 0 Å². The maximum absolute atomic E-state index is 5.61. The molecule has 0 unspecified atom stereocenters. The Labute approximate surface area is 92.5 Å². The Balaban J connectivity index is 2.42. The van der Waals surface area contributed by atoms with E-state index in [0.29, 0.717) is 11.7 Å². The zero-order chi connectivity index (χ0) is 10.7. The number of anilines is 1. The maximum Gasteiger partial charge on any atom is 0.180 e. The highest BCUT2D eigenvalue weighted by atomic mass is 32.1. The molecular weight excluding hydrogens is 208 g/mol. The summed E-state index contributed by atoms with van der Waals surface area (Å²) in [6.07, 6.45) is 0. The molecule has 0 spiro atoms. The largest absolute Gasteiger partial charge is 0.493 e. The number of nitrogens with zero attached hydrogens (tertiary/aromatic N) is 1. The fourth-order valence-corrected chi connectivity index (χ4v) is 1.93. The normalized spacial score (nSPS) is 10.2. The Kier molecular flexibility index (Phi) is 2.87. The lowest BCUT2D eigenvalue weighted by Gasteiger charge is -2.07. The van der Waals surface area contributed by atoms with Crippen molar-refractivity contribution in [2.75, 3.05) is 12.3 Å². The fraction of sp³-hybridized carbons (Fsp3) is 0.182. The van der Waals surface area contributed by atoms with Gasteiger partial charge in [-0.3, -0.25) is 0 Å². The van der Waals surface area contributed by atoms with Crippen LogP contribution in [0, 0.1) is 0 Å². The molecule has 2 rings (SSSR count). The number of benzene rings is 1. The van der Waals surface area contributed by atoms with Crippen LogP contribution in [0.5, 0.6) is 5.75 Å². The molecular formula is C11H12N2OS. The zero-order valence-corrected chi connectivity index (χ0v) is 9.25. The van der Waals surface area contributed by atoms with Crippen molar-refractivity contribution in [1.82, 2.24) is 4.98 Å². The average Bonchev–Trinajstić information content (AvgIpc) is 2.66. The van der Waals surface area contributed by atoms with Crippen LogP contribution in [0.3, 0.4) is 0 Å². The molecule has 1 aromatic carbocycles. The number of nitrogen functional groups attached to an aromatic ring is 1. The number of ether oxygens (including phenoxy) is 1. The van der Waals surface area contributed by atoms with Crippen LogP contribution in [0.2, 0.25) is 0 Å². The Morgan fingerprint density at radius 2 is 2.20 bits per heavy atom. The Bertz CT molecular complexity index is 453. The third-order valence-corrected chi connectivity index (χ3v) is 2.66. The molecule has 0 saturated heterocycles. The van der Waals surface area contributed by atoms with E-state index >= 15 is 0 Å². The first kappa shape index (κ1) is 9.98.